The molecule has 0 aliphatic heterocycles. The number of anilines is 2. The van der Waals surface area contributed by atoms with Crippen LogP contribution in [0.15, 0.2) is 150 Å². The zero-order valence-corrected chi connectivity index (χ0v) is 21.3. The Morgan fingerprint density at radius 2 is 1.13 bits per heavy atom. The van der Waals surface area contributed by atoms with Crippen LogP contribution < -0.4 is 5.32 Å². The van der Waals surface area contributed by atoms with E-state index >= 15 is 0 Å². The van der Waals surface area contributed by atoms with Gasteiger partial charge in [0.05, 0.1) is 16.5 Å². The highest BCUT2D eigenvalue weighted by atomic mass is 16.3. The Morgan fingerprint density at radius 3 is 1.92 bits per heavy atom. The molecule has 0 fully saturated rings. The van der Waals surface area contributed by atoms with Crippen LogP contribution in [-0.2, 0) is 5.41 Å². The van der Waals surface area contributed by atoms with Crippen LogP contribution >= 0.6 is 0 Å². The summed E-state index contributed by atoms with van der Waals surface area (Å²) in [5, 5.41) is 5.96. The van der Waals surface area contributed by atoms with Crippen molar-refractivity contribution in [3.63, 3.8) is 0 Å². The van der Waals surface area contributed by atoms with Gasteiger partial charge in [0.2, 0.25) is 0 Å². The van der Waals surface area contributed by atoms with E-state index in [9.17, 15) is 0 Å². The lowest BCUT2D eigenvalue weighted by atomic mass is 9.68. The molecule has 1 aromatic heterocycles. The number of rotatable bonds is 4. The Balaban J connectivity index is 1.34. The number of hydrogen-bond donors (Lipinski definition) is 1. The molecule has 39 heavy (non-hydrogen) atoms. The topological polar surface area (TPSA) is 25.2 Å². The molecule has 8 rings (SSSR count). The Bertz CT molecular complexity index is 1950. The molecule has 0 bridgehead atoms. The van der Waals surface area contributed by atoms with Gasteiger partial charge in [0.25, 0.3) is 0 Å². The van der Waals surface area contributed by atoms with E-state index in [-0.39, 0.29) is 5.41 Å². The molecule has 0 radical (unpaired) electrons. The van der Waals surface area contributed by atoms with Crippen molar-refractivity contribution >= 4 is 33.3 Å². The van der Waals surface area contributed by atoms with Crippen molar-refractivity contribution in [2.75, 3.05) is 5.32 Å². The number of para-hydroxylation sites is 1. The Labute approximate surface area is 227 Å². The summed E-state index contributed by atoms with van der Waals surface area (Å²) >= 11 is 0. The minimum absolute atomic E-state index is 0.381. The van der Waals surface area contributed by atoms with Crippen molar-refractivity contribution in [1.82, 2.24) is 0 Å². The second-order valence-electron chi connectivity index (χ2n) is 10.2. The molecule has 7 aromatic rings. The van der Waals surface area contributed by atoms with Gasteiger partial charge >= 0.3 is 0 Å². The van der Waals surface area contributed by atoms with Crippen LogP contribution in [0, 0.1) is 0 Å². The molecule has 6 aromatic carbocycles. The van der Waals surface area contributed by atoms with Gasteiger partial charge in [-0.3, -0.25) is 0 Å². The zero-order valence-electron chi connectivity index (χ0n) is 21.3. The summed E-state index contributed by atoms with van der Waals surface area (Å²) < 4.78 is 6.14. The molecule has 0 saturated carbocycles. The molecule has 1 aliphatic rings. The first-order chi connectivity index (χ1) is 19.3. The molecule has 0 amide bonds. The van der Waals surface area contributed by atoms with E-state index in [2.05, 4.69) is 127 Å². The van der Waals surface area contributed by atoms with E-state index in [4.69, 9.17) is 4.42 Å². The van der Waals surface area contributed by atoms with E-state index in [1.807, 2.05) is 24.3 Å². The summed E-state index contributed by atoms with van der Waals surface area (Å²) in [6, 6.07) is 51.9. The molecular weight excluding hydrogens is 474 g/mol. The van der Waals surface area contributed by atoms with E-state index in [1.54, 1.807) is 0 Å². The van der Waals surface area contributed by atoms with Crippen LogP contribution in [0.3, 0.4) is 0 Å². The lowest BCUT2D eigenvalue weighted by molar-refractivity contribution is 0.669. The fourth-order valence-electron chi connectivity index (χ4n) is 6.56. The van der Waals surface area contributed by atoms with E-state index in [0.29, 0.717) is 0 Å². The first-order valence-corrected chi connectivity index (χ1v) is 13.4. The van der Waals surface area contributed by atoms with Gasteiger partial charge in [0.15, 0.2) is 0 Å². The highest BCUT2D eigenvalue weighted by molar-refractivity contribution is 6.12. The minimum atomic E-state index is -0.381. The summed E-state index contributed by atoms with van der Waals surface area (Å²) in [5.74, 6) is 0. The summed E-state index contributed by atoms with van der Waals surface area (Å²) in [7, 11) is 0. The largest absolute Gasteiger partial charge is 0.456 e. The maximum Gasteiger partial charge on any atom is 0.137 e. The molecule has 1 N–H and O–H groups in total. The highest BCUT2D eigenvalue weighted by Gasteiger charge is 2.45. The smallest absolute Gasteiger partial charge is 0.137 e. The Kier molecular flexibility index (Phi) is 4.77. The molecule has 0 atom stereocenters. The highest BCUT2D eigenvalue weighted by Crippen LogP contribution is 2.56. The molecule has 2 heteroatoms. The standard InChI is InChI=1S/C37H25NO/c1-3-12-25(13-4-1)37(26-14-5-2-6-15-26)31-18-9-7-16-28(31)30-24-27(22-23-32(30)37)38-33-19-11-21-35-36(33)29-17-8-10-20-34(29)39-35/h1-24,38H. The quantitative estimate of drug-likeness (QED) is 0.261. The first kappa shape index (κ1) is 22.0. The molecule has 1 heterocycles. The lowest BCUT2D eigenvalue weighted by Crippen LogP contribution is -2.28. The Morgan fingerprint density at radius 1 is 0.487 bits per heavy atom. The molecule has 0 spiro atoms. The van der Waals surface area contributed by atoms with Crippen LogP contribution in [0.4, 0.5) is 11.4 Å². The lowest BCUT2D eigenvalue weighted by Gasteiger charge is -2.33. The molecule has 0 unspecified atom stereocenters. The minimum Gasteiger partial charge on any atom is -0.456 e. The van der Waals surface area contributed by atoms with Crippen LogP contribution in [-0.4, -0.2) is 0 Å². The second-order valence-corrected chi connectivity index (χ2v) is 10.2. The van der Waals surface area contributed by atoms with Crippen molar-refractivity contribution in [3.8, 4) is 11.1 Å². The molecule has 1 aliphatic carbocycles. The van der Waals surface area contributed by atoms with Gasteiger partial charge in [-0.15, -0.1) is 0 Å². The van der Waals surface area contributed by atoms with Gasteiger partial charge in [-0.05, 0) is 63.7 Å². The second kappa shape index (κ2) is 8.47. The first-order valence-electron chi connectivity index (χ1n) is 13.4. The normalized spacial score (nSPS) is 13.3. The summed E-state index contributed by atoms with van der Waals surface area (Å²) in [4.78, 5) is 0. The van der Waals surface area contributed by atoms with Gasteiger partial charge in [-0.25, -0.2) is 0 Å². The predicted octanol–water partition coefficient (Wildman–Crippen LogP) is 9.69. The number of benzene rings is 6. The third kappa shape index (κ3) is 3.15. The number of fused-ring (bicyclic) bond motifs is 6. The third-order valence-corrected chi connectivity index (χ3v) is 8.14. The van der Waals surface area contributed by atoms with Crippen molar-refractivity contribution in [1.29, 1.82) is 0 Å². The van der Waals surface area contributed by atoms with Gasteiger partial charge in [0, 0.05) is 11.1 Å². The van der Waals surface area contributed by atoms with Crippen molar-refractivity contribution in [2.24, 2.45) is 0 Å². The van der Waals surface area contributed by atoms with Crippen LogP contribution in [0.5, 0.6) is 0 Å². The average molecular weight is 500 g/mol. The van der Waals surface area contributed by atoms with Gasteiger partial charge < -0.3 is 9.73 Å². The van der Waals surface area contributed by atoms with Gasteiger partial charge in [0.1, 0.15) is 11.2 Å². The number of nitrogens with one attached hydrogen (secondary N) is 1. The van der Waals surface area contributed by atoms with E-state index in [1.165, 1.54) is 33.4 Å². The van der Waals surface area contributed by atoms with Crippen LogP contribution in [0.1, 0.15) is 22.3 Å². The average Bonchev–Trinajstić information content (AvgIpc) is 3.53. The van der Waals surface area contributed by atoms with E-state index in [0.717, 1.165) is 33.3 Å². The van der Waals surface area contributed by atoms with Gasteiger partial charge in [-0.1, -0.05) is 115 Å². The van der Waals surface area contributed by atoms with Crippen LogP contribution in [0.25, 0.3) is 33.1 Å². The predicted molar refractivity (Wildman–Crippen MR) is 161 cm³/mol. The summed E-state index contributed by atoms with van der Waals surface area (Å²) in [5.41, 5.74) is 11.2. The van der Waals surface area contributed by atoms with Crippen molar-refractivity contribution < 1.29 is 4.42 Å². The van der Waals surface area contributed by atoms with Crippen molar-refractivity contribution in [2.45, 2.75) is 5.41 Å². The van der Waals surface area contributed by atoms with Gasteiger partial charge in [-0.2, -0.15) is 0 Å². The fourth-order valence-corrected chi connectivity index (χ4v) is 6.56. The number of hydrogen-bond acceptors (Lipinski definition) is 2. The summed E-state index contributed by atoms with van der Waals surface area (Å²) in [6.07, 6.45) is 0. The summed E-state index contributed by atoms with van der Waals surface area (Å²) in [6.45, 7) is 0. The fraction of sp³-hybridized carbons (Fsp3) is 0.0270. The van der Waals surface area contributed by atoms with Crippen molar-refractivity contribution in [3.05, 3.63) is 168 Å². The Hall–Kier alpha value is -5.08. The van der Waals surface area contributed by atoms with E-state index < -0.39 is 0 Å². The zero-order chi connectivity index (χ0) is 25.8. The number of furan rings is 1. The maximum atomic E-state index is 6.14. The maximum absolute atomic E-state index is 6.14. The third-order valence-electron chi connectivity index (χ3n) is 8.14. The molecule has 0 saturated heterocycles. The SMILES string of the molecule is c1ccc(C2(c3ccccc3)c3ccccc3-c3cc(Nc4cccc5oc6ccccc6c45)ccc32)cc1. The molecule has 2 nitrogen and oxygen atoms in total. The molecular formula is C37H25NO. The monoisotopic (exact) mass is 499 g/mol. The molecule has 184 valence electrons. The van der Waals surface area contributed by atoms with Crippen LogP contribution in [0.2, 0.25) is 0 Å².